The van der Waals surface area contributed by atoms with Gasteiger partial charge in [-0.1, -0.05) is 72.0 Å². The summed E-state index contributed by atoms with van der Waals surface area (Å²) in [6, 6.07) is 26.2. The van der Waals surface area contributed by atoms with Crippen LogP contribution in [-0.4, -0.2) is 24.0 Å². The van der Waals surface area contributed by atoms with Gasteiger partial charge >= 0.3 is 5.97 Å². The van der Waals surface area contributed by atoms with Crippen molar-refractivity contribution in [2.75, 3.05) is 12.4 Å². The number of ether oxygens (including phenoxy) is 1. The molecule has 0 saturated heterocycles. The van der Waals surface area contributed by atoms with Gasteiger partial charge in [-0.2, -0.15) is 0 Å². The van der Waals surface area contributed by atoms with E-state index in [1.807, 2.05) is 60.7 Å². The molecule has 0 radical (unpaired) electrons. The minimum atomic E-state index is -0.443. The Morgan fingerprint density at radius 2 is 1.37 bits per heavy atom. The van der Waals surface area contributed by atoms with Gasteiger partial charge in [-0.3, -0.25) is 10.1 Å². The highest BCUT2D eigenvalue weighted by atomic mass is 32.1. The van der Waals surface area contributed by atoms with Crippen molar-refractivity contribution in [2.45, 2.75) is 0 Å². The zero-order valence-electron chi connectivity index (χ0n) is 16.2. The minimum absolute atomic E-state index is 0.292. The third kappa shape index (κ3) is 4.14. The van der Waals surface area contributed by atoms with Gasteiger partial charge in [0.1, 0.15) is 0 Å². The summed E-state index contributed by atoms with van der Waals surface area (Å²) >= 11 is 1.42. The second-order valence-electron chi connectivity index (χ2n) is 6.45. The van der Waals surface area contributed by atoms with E-state index in [0.29, 0.717) is 16.3 Å². The molecule has 30 heavy (non-hydrogen) atoms. The van der Waals surface area contributed by atoms with Crippen LogP contribution in [0.25, 0.3) is 21.7 Å². The monoisotopic (exact) mass is 414 g/mol. The largest absolute Gasteiger partial charge is 0.465 e. The van der Waals surface area contributed by atoms with Gasteiger partial charge in [0.05, 0.1) is 23.2 Å². The molecule has 1 amide bonds. The third-order valence-corrected chi connectivity index (χ3v) is 5.52. The number of hydrogen-bond donors (Lipinski definition) is 1. The number of nitrogens with one attached hydrogen (secondary N) is 1. The quantitative estimate of drug-likeness (QED) is 0.437. The summed E-state index contributed by atoms with van der Waals surface area (Å²) in [5.41, 5.74) is 3.66. The number of nitrogens with zero attached hydrogens (tertiary/aromatic N) is 1. The number of esters is 1. The van der Waals surface area contributed by atoms with Crippen molar-refractivity contribution in [3.8, 4) is 21.7 Å². The second-order valence-corrected chi connectivity index (χ2v) is 7.45. The molecule has 5 nitrogen and oxygen atoms in total. The summed E-state index contributed by atoms with van der Waals surface area (Å²) < 4.78 is 4.68. The normalized spacial score (nSPS) is 10.4. The van der Waals surface area contributed by atoms with E-state index in [-0.39, 0.29) is 5.91 Å². The molecule has 4 aromatic rings. The molecule has 0 aliphatic heterocycles. The van der Waals surface area contributed by atoms with Gasteiger partial charge in [-0.15, -0.1) is 0 Å². The Hall–Kier alpha value is -3.77. The fraction of sp³-hybridized carbons (Fsp3) is 0.0417. The van der Waals surface area contributed by atoms with Crippen LogP contribution in [0.2, 0.25) is 0 Å². The predicted octanol–water partition coefficient (Wildman–Crippen LogP) is 5.52. The molecule has 3 aromatic carbocycles. The van der Waals surface area contributed by atoms with Gasteiger partial charge in [-0.25, -0.2) is 9.78 Å². The first-order valence-corrected chi connectivity index (χ1v) is 10.1. The topological polar surface area (TPSA) is 68.3 Å². The maximum atomic E-state index is 12.7. The van der Waals surface area contributed by atoms with E-state index in [0.717, 1.165) is 21.7 Å². The third-order valence-electron chi connectivity index (χ3n) is 4.50. The first-order chi connectivity index (χ1) is 14.7. The van der Waals surface area contributed by atoms with Crippen molar-refractivity contribution >= 4 is 28.3 Å². The molecule has 0 saturated carbocycles. The Balaban J connectivity index is 1.64. The Bertz CT molecular complexity index is 1110. The molecule has 1 aromatic heterocycles. The van der Waals surface area contributed by atoms with Crippen molar-refractivity contribution in [3.05, 3.63) is 96.1 Å². The molecule has 4 rings (SSSR count). The van der Waals surface area contributed by atoms with Gasteiger partial charge in [0, 0.05) is 11.1 Å². The number of carbonyl (C=O) groups excluding carboxylic acids is 2. The number of rotatable bonds is 5. The molecule has 0 spiro atoms. The summed E-state index contributed by atoms with van der Waals surface area (Å²) in [5.74, 6) is -0.735. The highest BCUT2D eigenvalue weighted by Crippen LogP contribution is 2.39. The fourth-order valence-electron chi connectivity index (χ4n) is 3.00. The lowest BCUT2D eigenvalue weighted by Crippen LogP contribution is -2.12. The first-order valence-electron chi connectivity index (χ1n) is 9.27. The minimum Gasteiger partial charge on any atom is -0.465 e. The van der Waals surface area contributed by atoms with Crippen molar-refractivity contribution in [2.24, 2.45) is 0 Å². The SMILES string of the molecule is COC(=O)c1ccc(C(=O)Nc2nc(-c3ccccc3)c(-c3ccccc3)s2)cc1. The van der Waals surface area contributed by atoms with Crippen molar-refractivity contribution < 1.29 is 14.3 Å². The summed E-state index contributed by atoms with van der Waals surface area (Å²) in [6.45, 7) is 0. The molecule has 0 fully saturated rings. The van der Waals surface area contributed by atoms with E-state index in [2.05, 4.69) is 10.1 Å². The maximum absolute atomic E-state index is 12.7. The second kappa shape index (κ2) is 8.71. The number of methoxy groups -OCH3 is 1. The lowest BCUT2D eigenvalue weighted by molar-refractivity contribution is 0.0600. The Labute approximate surface area is 178 Å². The molecule has 148 valence electrons. The van der Waals surface area contributed by atoms with Crippen molar-refractivity contribution in [3.63, 3.8) is 0 Å². The lowest BCUT2D eigenvalue weighted by atomic mass is 10.1. The van der Waals surface area contributed by atoms with Gasteiger partial charge in [0.25, 0.3) is 5.91 Å². The molecule has 0 aliphatic rings. The highest BCUT2D eigenvalue weighted by Gasteiger charge is 2.17. The van der Waals surface area contributed by atoms with Crippen LogP contribution in [0.15, 0.2) is 84.9 Å². The standard InChI is InChI=1S/C24H18N2O3S/c1-29-23(28)19-14-12-18(13-15-19)22(27)26-24-25-20(16-8-4-2-5-9-16)21(30-24)17-10-6-3-7-11-17/h2-15H,1H3,(H,25,26,27). The van der Waals surface area contributed by atoms with Crippen LogP contribution in [0.4, 0.5) is 5.13 Å². The zero-order valence-corrected chi connectivity index (χ0v) is 17.0. The van der Waals surface area contributed by atoms with E-state index >= 15 is 0 Å². The van der Waals surface area contributed by atoms with Crippen LogP contribution in [0.3, 0.4) is 0 Å². The van der Waals surface area contributed by atoms with E-state index in [9.17, 15) is 9.59 Å². The van der Waals surface area contributed by atoms with Crippen LogP contribution >= 0.6 is 11.3 Å². The number of thiazole rings is 1. The van der Waals surface area contributed by atoms with E-state index in [4.69, 9.17) is 4.98 Å². The van der Waals surface area contributed by atoms with Crippen LogP contribution in [0.5, 0.6) is 0 Å². The molecular formula is C24H18N2O3S. The van der Waals surface area contributed by atoms with Crippen LogP contribution in [0, 0.1) is 0 Å². The van der Waals surface area contributed by atoms with E-state index in [1.54, 1.807) is 24.3 Å². The number of aromatic nitrogens is 1. The molecular weight excluding hydrogens is 396 g/mol. The number of hydrogen-bond acceptors (Lipinski definition) is 5. The molecule has 0 atom stereocenters. The summed E-state index contributed by atoms with van der Waals surface area (Å²) in [4.78, 5) is 29.9. The summed E-state index contributed by atoms with van der Waals surface area (Å²) in [6.07, 6.45) is 0. The van der Waals surface area contributed by atoms with Crippen molar-refractivity contribution in [1.29, 1.82) is 0 Å². The Kier molecular flexibility index (Phi) is 5.68. The van der Waals surface area contributed by atoms with Crippen molar-refractivity contribution in [1.82, 2.24) is 4.98 Å². The number of carbonyl (C=O) groups is 2. The van der Waals surface area contributed by atoms with Crippen LogP contribution in [-0.2, 0) is 4.74 Å². The van der Waals surface area contributed by atoms with Crippen LogP contribution in [0.1, 0.15) is 20.7 Å². The first kappa shape index (κ1) is 19.5. The van der Waals surface area contributed by atoms with Gasteiger partial charge in [0.15, 0.2) is 5.13 Å². The average molecular weight is 414 g/mol. The smallest absolute Gasteiger partial charge is 0.337 e. The fourth-order valence-corrected chi connectivity index (χ4v) is 3.98. The van der Waals surface area contributed by atoms with E-state index in [1.165, 1.54) is 18.4 Å². The lowest BCUT2D eigenvalue weighted by Gasteiger charge is -2.03. The number of benzene rings is 3. The zero-order chi connectivity index (χ0) is 20.9. The Morgan fingerprint density at radius 3 is 1.97 bits per heavy atom. The average Bonchev–Trinajstić information content (AvgIpc) is 3.23. The summed E-state index contributed by atoms with van der Waals surface area (Å²) in [7, 11) is 1.32. The molecule has 1 N–H and O–H groups in total. The molecule has 0 unspecified atom stereocenters. The van der Waals surface area contributed by atoms with Gasteiger partial charge in [-0.05, 0) is 29.8 Å². The van der Waals surface area contributed by atoms with Crippen LogP contribution < -0.4 is 5.32 Å². The molecule has 0 bridgehead atoms. The van der Waals surface area contributed by atoms with Gasteiger partial charge < -0.3 is 4.74 Å². The molecule has 1 heterocycles. The number of amides is 1. The highest BCUT2D eigenvalue weighted by molar-refractivity contribution is 7.19. The predicted molar refractivity (Wildman–Crippen MR) is 119 cm³/mol. The van der Waals surface area contributed by atoms with Gasteiger partial charge in [0.2, 0.25) is 0 Å². The summed E-state index contributed by atoms with van der Waals surface area (Å²) in [5, 5.41) is 3.38. The van der Waals surface area contributed by atoms with E-state index < -0.39 is 5.97 Å². The maximum Gasteiger partial charge on any atom is 0.337 e. The number of anilines is 1. The molecule has 6 heteroatoms. The Morgan fingerprint density at radius 1 is 0.800 bits per heavy atom. The molecule has 0 aliphatic carbocycles.